The molecule has 0 saturated carbocycles. The number of aryl methyl sites for hydroxylation is 1. The summed E-state index contributed by atoms with van der Waals surface area (Å²) in [6.45, 7) is 2.17. The molecular weight excluding hydrogens is 238 g/mol. The summed E-state index contributed by atoms with van der Waals surface area (Å²) >= 11 is 0. The van der Waals surface area contributed by atoms with Crippen LogP contribution in [0, 0.1) is 0 Å². The zero-order chi connectivity index (χ0) is 13.4. The third-order valence-electron chi connectivity index (χ3n) is 4.01. The van der Waals surface area contributed by atoms with Crippen molar-refractivity contribution in [2.45, 2.75) is 38.6 Å². The van der Waals surface area contributed by atoms with Gasteiger partial charge in [0, 0.05) is 12.2 Å². The van der Waals surface area contributed by atoms with E-state index in [2.05, 4.69) is 19.1 Å². The van der Waals surface area contributed by atoms with Crippen molar-refractivity contribution in [3.8, 4) is 0 Å². The highest BCUT2D eigenvalue weighted by Gasteiger charge is 2.36. The average Bonchev–Trinajstić information content (AvgIpc) is 2.95. The number of hydrogen-bond acceptors (Lipinski definition) is 2. The van der Waals surface area contributed by atoms with Gasteiger partial charge in [0.15, 0.2) is 0 Å². The molecule has 0 bridgehead atoms. The molecular formula is C16H17NO2. The molecule has 0 radical (unpaired) electrons. The van der Waals surface area contributed by atoms with Crippen LogP contribution in [0.5, 0.6) is 0 Å². The lowest BCUT2D eigenvalue weighted by Crippen LogP contribution is -2.33. The Balaban J connectivity index is 1.97. The van der Waals surface area contributed by atoms with Crippen LogP contribution in [0.15, 0.2) is 30.4 Å². The highest BCUT2D eigenvalue weighted by atomic mass is 16.2. The number of benzene rings is 1. The van der Waals surface area contributed by atoms with Gasteiger partial charge < -0.3 is 0 Å². The number of carbonyl (C=O) groups excluding carboxylic acids is 2. The van der Waals surface area contributed by atoms with Crippen LogP contribution in [0.1, 0.15) is 42.5 Å². The molecule has 0 spiro atoms. The molecule has 1 atom stereocenters. The number of nitrogens with zero attached hydrogens (tertiary/aromatic N) is 1. The van der Waals surface area contributed by atoms with Crippen LogP contribution < -0.4 is 0 Å². The number of imide groups is 1. The number of rotatable bonds is 3. The summed E-state index contributed by atoms with van der Waals surface area (Å²) in [4.78, 5) is 25.0. The normalized spacial score (nSPS) is 21.3. The molecule has 19 heavy (non-hydrogen) atoms. The zero-order valence-electron chi connectivity index (χ0n) is 11.1. The van der Waals surface area contributed by atoms with Crippen LogP contribution in [-0.4, -0.2) is 16.7 Å². The Kier molecular flexibility index (Phi) is 2.97. The monoisotopic (exact) mass is 255 g/mol. The minimum Gasteiger partial charge on any atom is -0.269 e. The molecule has 3 rings (SSSR count). The lowest BCUT2D eigenvalue weighted by Gasteiger charge is -2.23. The molecule has 1 aliphatic heterocycles. The molecule has 98 valence electrons. The fraction of sp³-hybridized carbons (Fsp3) is 0.375. The number of carbonyl (C=O) groups is 2. The second-order valence-electron chi connectivity index (χ2n) is 5.17. The van der Waals surface area contributed by atoms with Gasteiger partial charge >= 0.3 is 0 Å². The number of amides is 2. The first-order chi connectivity index (χ1) is 9.22. The molecule has 0 aromatic heterocycles. The van der Waals surface area contributed by atoms with Crippen LogP contribution in [0.3, 0.4) is 0 Å². The van der Waals surface area contributed by atoms with Crippen LogP contribution >= 0.6 is 0 Å². The molecule has 0 N–H and O–H groups in total. The Labute approximate surface area is 112 Å². The first kappa shape index (κ1) is 12.2. The maximum Gasteiger partial charge on any atom is 0.254 e. The summed E-state index contributed by atoms with van der Waals surface area (Å²) in [6.07, 6.45) is 6.75. The van der Waals surface area contributed by atoms with Crippen molar-refractivity contribution in [1.82, 2.24) is 4.90 Å². The van der Waals surface area contributed by atoms with Gasteiger partial charge in [-0.05, 0) is 36.0 Å². The third-order valence-corrected chi connectivity index (χ3v) is 4.01. The predicted molar refractivity (Wildman–Crippen MR) is 72.5 cm³/mol. The van der Waals surface area contributed by atoms with Crippen LogP contribution in [0.25, 0.3) is 0 Å². The van der Waals surface area contributed by atoms with E-state index in [1.54, 1.807) is 0 Å². The maximum atomic E-state index is 11.8. The Hall–Kier alpha value is -1.90. The van der Waals surface area contributed by atoms with Gasteiger partial charge in [-0.3, -0.25) is 14.5 Å². The predicted octanol–water partition coefficient (Wildman–Crippen LogP) is 2.55. The van der Waals surface area contributed by atoms with Crippen LogP contribution in [0.4, 0.5) is 0 Å². The van der Waals surface area contributed by atoms with Crippen molar-refractivity contribution >= 4 is 11.8 Å². The fourth-order valence-corrected chi connectivity index (χ4v) is 3.20. The molecule has 2 aliphatic rings. The highest BCUT2D eigenvalue weighted by molar-refractivity contribution is 6.13. The van der Waals surface area contributed by atoms with Gasteiger partial charge in [0.05, 0.1) is 6.04 Å². The van der Waals surface area contributed by atoms with Crippen molar-refractivity contribution in [2.24, 2.45) is 0 Å². The van der Waals surface area contributed by atoms with Gasteiger partial charge in [0.2, 0.25) is 0 Å². The van der Waals surface area contributed by atoms with E-state index in [0.717, 1.165) is 31.2 Å². The fourth-order valence-electron chi connectivity index (χ4n) is 3.20. The molecule has 0 saturated heterocycles. The first-order valence-corrected chi connectivity index (χ1v) is 6.88. The summed E-state index contributed by atoms with van der Waals surface area (Å²) in [7, 11) is 0. The van der Waals surface area contributed by atoms with E-state index in [0.29, 0.717) is 0 Å². The lowest BCUT2D eigenvalue weighted by molar-refractivity contribution is -0.139. The minimum atomic E-state index is -0.177. The van der Waals surface area contributed by atoms with E-state index < -0.39 is 0 Å². The van der Waals surface area contributed by atoms with Crippen molar-refractivity contribution < 1.29 is 9.59 Å². The summed E-state index contributed by atoms with van der Waals surface area (Å²) in [5.41, 5.74) is 3.88. The van der Waals surface area contributed by atoms with Crippen molar-refractivity contribution in [1.29, 1.82) is 0 Å². The van der Waals surface area contributed by atoms with Crippen LogP contribution in [0.2, 0.25) is 0 Å². The Morgan fingerprint density at radius 1 is 1.21 bits per heavy atom. The van der Waals surface area contributed by atoms with Gasteiger partial charge in [0.1, 0.15) is 0 Å². The van der Waals surface area contributed by atoms with Crippen molar-refractivity contribution in [3.63, 3.8) is 0 Å². The Morgan fingerprint density at radius 2 is 1.95 bits per heavy atom. The first-order valence-electron chi connectivity index (χ1n) is 6.88. The third kappa shape index (κ3) is 1.89. The smallest absolute Gasteiger partial charge is 0.254 e. The van der Waals surface area contributed by atoms with Gasteiger partial charge in [0.25, 0.3) is 11.8 Å². The van der Waals surface area contributed by atoms with Crippen LogP contribution in [-0.2, 0) is 22.4 Å². The molecule has 1 aromatic rings. The van der Waals surface area contributed by atoms with Gasteiger partial charge in [-0.15, -0.1) is 0 Å². The maximum absolute atomic E-state index is 11.8. The van der Waals surface area contributed by atoms with E-state index in [4.69, 9.17) is 0 Å². The van der Waals surface area contributed by atoms with Gasteiger partial charge in [-0.2, -0.15) is 0 Å². The largest absolute Gasteiger partial charge is 0.269 e. The summed E-state index contributed by atoms with van der Waals surface area (Å²) in [5.74, 6) is -0.354. The highest BCUT2D eigenvalue weighted by Crippen LogP contribution is 2.38. The zero-order valence-corrected chi connectivity index (χ0v) is 11.1. The standard InChI is InChI=1S/C16H17NO2/c1-2-4-11-5-3-6-13-12(11)7-8-14(13)17-15(18)9-10-16(17)19/h3,5-6,9-10,14H,2,4,7-8H2,1H3/t14-/m0/s1. The Bertz CT molecular complexity index is 556. The Morgan fingerprint density at radius 3 is 2.63 bits per heavy atom. The molecule has 1 heterocycles. The molecule has 0 unspecified atom stereocenters. The summed E-state index contributed by atoms with van der Waals surface area (Å²) in [5, 5.41) is 0. The lowest BCUT2D eigenvalue weighted by atomic mass is 9.99. The van der Waals surface area contributed by atoms with E-state index in [-0.39, 0.29) is 17.9 Å². The van der Waals surface area contributed by atoms with E-state index >= 15 is 0 Å². The molecule has 2 amide bonds. The quantitative estimate of drug-likeness (QED) is 0.778. The summed E-state index contributed by atoms with van der Waals surface area (Å²) < 4.78 is 0. The van der Waals surface area contributed by atoms with E-state index in [9.17, 15) is 9.59 Å². The number of fused-ring (bicyclic) bond motifs is 1. The van der Waals surface area contributed by atoms with E-state index in [1.165, 1.54) is 28.2 Å². The number of hydrogen-bond donors (Lipinski definition) is 0. The molecule has 1 aliphatic carbocycles. The van der Waals surface area contributed by atoms with Gasteiger partial charge in [-0.25, -0.2) is 0 Å². The average molecular weight is 255 g/mol. The molecule has 1 aromatic carbocycles. The second-order valence-corrected chi connectivity index (χ2v) is 5.17. The molecule has 3 nitrogen and oxygen atoms in total. The van der Waals surface area contributed by atoms with Gasteiger partial charge in [-0.1, -0.05) is 31.5 Å². The van der Waals surface area contributed by atoms with Crippen molar-refractivity contribution in [3.05, 3.63) is 47.0 Å². The topological polar surface area (TPSA) is 37.4 Å². The molecule has 3 heteroatoms. The SMILES string of the molecule is CCCc1cccc2c1CC[C@@H]2N1C(=O)C=CC1=O. The van der Waals surface area contributed by atoms with E-state index in [1.807, 2.05) is 6.07 Å². The van der Waals surface area contributed by atoms with Crippen molar-refractivity contribution in [2.75, 3.05) is 0 Å². The molecule has 0 fully saturated rings. The minimum absolute atomic E-state index is 0.0678. The second kappa shape index (κ2) is 4.65. The summed E-state index contributed by atoms with van der Waals surface area (Å²) in [6, 6.07) is 6.20.